The van der Waals surface area contributed by atoms with E-state index in [1.807, 2.05) is 24.3 Å². The Balaban J connectivity index is 1.36. The van der Waals surface area contributed by atoms with Gasteiger partial charge in [0.25, 0.3) is 5.91 Å². The Bertz CT molecular complexity index is 1030. The molecule has 144 valence electrons. The average molecular weight is 396 g/mol. The average Bonchev–Trinajstić information content (AvgIpc) is 3.02. The van der Waals surface area contributed by atoms with Gasteiger partial charge in [0.15, 0.2) is 0 Å². The van der Waals surface area contributed by atoms with Crippen molar-refractivity contribution in [2.75, 3.05) is 13.1 Å². The summed E-state index contributed by atoms with van der Waals surface area (Å²) in [6.45, 7) is 2.09. The number of halogens is 1. The summed E-state index contributed by atoms with van der Waals surface area (Å²) in [7, 11) is 0. The zero-order chi connectivity index (χ0) is 19.1. The summed E-state index contributed by atoms with van der Waals surface area (Å²) in [4.78, 5) is 15.3. The van der Waals surface area contributed by atoms with E-state index in [0.29, 0.717) is 17.3 Å². The van der Waals surface area contributed by atoms with Gasteiger partial charge in [0.2, 0.25) is 0 Å². The van der Waals surface area contributed by atoms with E-state index in [9.17, 15) is 9.18 Å². The largest absolute Gasteiger partial charge is 0.345 e. The molecule has 5 rings (SSSR count). The van der Waals surface area contributed by atoms with Gasteiger partial charge in [-0.3, -0.25) is 9.69 Å². The molecule has 6 heteroatoms. The smallest absolute Gasteiger partial charge is 0.271 e. The third-order valence-corrected chi connectivity index (χ3v) is 6.81. The molecule has 1 amide bonds. The predicted octanol–water partition coefficient (Wildman–Crippen LogP) is 4.46. The molecule has 3 heterocycles. The number of hydrogen-bond donors (Lipinski definition) is 1. The van der Waals surface area contributed by atoms with Gasteiger partial charge in [0.1, 0.15) is 11.5 Å². The Kier molecular flexibility index (Phi) is 4.61. The van der Waals surface area contributed by atoms with Gasteiger partial charge < -0.3 is 5.32 Å². The number of rotatable bonds is 3. The fourth-order valence-corrected chi connectivity index (χ4v) is 5.27. The van der Waals surface area contributed by atoms with Crippen LogP contribution in [0.3, 0.4) is 0 Å². The van der Waals surface area contributed by atoms with E-state index in [2.05, 4.69) is 14.6 Å². The molecule has 2 aromatic carbocycles. The van der Waals surface area contributed by atoms with E-state index in [0.717, 1.165) is 35.2 Å². The Morgan fingerprint density at radius 2 is 2.07 bits per heavy atom. The monoisotopic (exact) mass is 395 g/mol. The first kappa shape index (κ1) is 17.8. The van der Waals surface area contributed by atoms with Gasteiger partial charge in [-0.1, -0.05) is 43.2 Å². The van der Waals surface area contributed by atoms with Crippen LogP contribution in [0.1, 0.15) is 36.2 Å². The quantitative estimate of drug-likeness (QED) is 0.712. The van der Waals surface area contributed by atoms with Crippen molar-refractivity contribution in [1.82, 2.24) is 14.6 Å². The molecule has 2 atom stereocenters. The van der Waals surface area contributed by atoms with Crippen LogP contribution in [0.5, 0.6) is 0 Å². The zero-order valence-corrected chi connectivity index (χ0v) is 16.3. The highest BCUT2D eigenvalue weighted by Gasteiger charge is 2.40. The van der Waals surface area contributed by atoms with Crippen LogP contribution >= 0.6 is 11.5 Å². The molecule has 0 bridgehead atoms. The Morgan fingerprint density at radius 3 is 2.96 bits per heavy atom. The van der Waals surface area contributed by atoms with Gasteiger partial charge in [-0.05, 0) is 48.6 Å². The third kappa shape index (κ3) is 3.10. The van der Waals surface area contributed by atoms with Gasteiger partial charge in [-0.2, -0.15) is 4.37 Å². The molecule has 0 aliphatic carbocycles. The molecule has 0 spiro atoms. The van der Waals surface area contributed by atoms with Crippen LogP contribution in [0.4, 0.5) is 4.39 Å². The van der Waals surface area contributed by atoms with Crippen LogP contribution in [0.25, 0.3) is 21.2 Å². The number of benzene rings is 2. The maximum Gasteiger partial charge on any atom is 0.271 e. The highest BCUT2D eigenvalue weighted by molar-refractivity contribution is 7.13. The van der Waals surface area contributed by atoms with Crippen molar-refractivity contribution in [1.29, 1.82) is 0 Å². The number of amides is 1. The summed E-state index contributed by atoms with van der Waals surface area (Å²) in [5.74, 6) is -0.346. The minimum atomic E-state index is -0.248. The fourth-order valence-electron chi connectivity index (χ4n) is 4.45. The summed E-state index contributed by atoms with van der Waals surface area (Å²) in [5, 5.41) is 4.03. The lowest BCUT2D eigenvalue weighted by atomic mass is 9.93. The number of nitrogens with one attached hydrogen (secondary N) is 1. The minimum Gasteiger partial charge on any atom is -0.345 e. The van der Waals surface area contributed by atoms with Crippen molar-refractivity contribution in [3.05, 3.63) is 54.0 Å². The van der Waals surface area contributed by atoms with Gasteiger partial charge in [0, 0.05) is 23.5 Å². The first-order valence-electron chi connectivity index (χ1n) is 9.90. The van der Waals surface area contributed by atoms with Crippen molar-refractivity contribution < 1.29 is 9.18 Å². The molecule has 28 heavy (non-hydrogen) atoms. The van der Waals surface area contributed by atoms with Crippen molar-refractivity contribution in [2.45, 2.75) is 37.8 Å². The lowest BCUT2D eigenvalue weighted by Gasteiger charge is -2.47. The topological polar surface area (TPSA) is 45.2 Å². The summed E-state index contributed by atoms with van der Waals surface area (Å²) in [6.07, 6.45) is 4.95. The van der Waals surface area contributed by atoms with Crippen LogP contribution < -0.4 is 5.32 Å². The molecular formula is C22H22FN3OS. The lowest BCUT2D eigenvalue weighted by Crippen LogP contribution is -2.66. The highest BCUT2D eigenvalue weighted by Crippen LogP contribution is 2.31. The van der Waals surface area contributed by atoms with E-state index < -0.39 is 0 Å². The van der Waals surface area contributed by atoms with Crippen molar-refractivity contribution in [3.8, 4) is 11.1 Å². The normalized spacial score (nSPS) is 22.3. The molecule has 2 aliphatic rings. The van der Waals surface area contributed by atoms with Crippen LogP contribution in [-0.4, -0.2) is 40.4 Å². The van der Waals surface area contributed by atoms with E-state index in [1.54, 1.807) is 12.1 Å². The second-order valence-corrected chi connectivity index (χ2v) is 8.52. The number of carbonyl (C=O) groups excluding carboxylic acids is 1. The van der Waals surface area contributed by atoms with Gasteiger partial charge in [0.05, 0.1) is 10.7 Å². The highest BCUT2D eigenvalue weighted by atomic mass is 32.1. The second kappa shape index (κ2) is 7.26. The number of fused-ring (bicyclic) bond motifs is 2. The zero-order valence-electron chi connectivity index (χ0n) is 15.5. The standard InChI is InChI=1S/C22H22FN3OS/c23-17-7-4-3-6-15(17)14-9-10-16-20(12-14)28-25-21(16)22(27)24-18-13-26-11-5-1-2-8-19(18)26/h3-4,6-7,9-10,12,18-19H,1-2,5,8,11,13H2,(H,24,27)/t18-,19?/m0/s1. The molecule has 2 aliphatic heterocycles. The van der Waals surface area contributed by atoms with E-state index in [-0.39, 0.29) is 17.8 Å². The molecule has 1 aromatic heterocycles. The van der Waals surface area contributed by atoms with Crippen LogP contribution in [0.2, 0.25) is 0 Å². The maximum absolute atomic E-state index is 14.1. The van der Waals surface area contributed by atoms with Gasteiger partial charge in [-0.15, -0.1) is 0 Å². The fraction of sp³-hybridized carbons (Fsp3) is 0.364. The van der Waals surface area contributed by atoms with Crippen LogP contribution in [0, 0.1) is 5.82 Å². The van der Waals surface area contributed by atoms with E-state index >= 15 is 0 Å². The molecule has 0 radical (unpaired) electrons. The molecule has 1 unspecified atom stereocenters. The van der Waals surface area contributed by atoms with Crippen LogP contribution in [0.15, 0.2) is 42.5 Å². The molecular weight excluding hydrogens is 373 g/mol. The van der Waals surface area contributed by atoms with Crippen molar-refractivity contribution >= 4 is 27.5 Å². The summed E-state index contributed by atoms with van der Waals surface area (Å²) in [6, 6.07) is 13.1. The van der Waals surface area contributed by atoms with Crippen molar-refractivity contribution in [3.63, 3.8) is 0 Å². The summed E-state index contributed by atoms with van der Waals surface area (Å²) in [5.41, 5.74) is 1.84. The summed E-state index contributed by atoms with van der Waals surface area (Å²) < 4.78 is 19.4. The van der Waals surface area contributed by atoms with E-state index in [1.165, 1.54) is 36.9 Å². The SMILES string of the molecule is O=C(N[C@H]1CN2CCCCCC12)c1nsc2cc(-c3ccccc3F)ccc12. The van der Waals surface area contributed by atoms with Crippen molar-refractivity contribution in [2.24, 2.45) is 0 Å². The number of nitrogens with zero attached hydrogens (tertiary/aromatic N) is 2. The Morgan fingerprint density at radius 1 is 1.18 bits per heavy atom. The van der Waals surface area contributed by atoms with Crippen LogP contribution in [-0.2, 0) is 0 Å². The molecule has 4 nitrogen and oxygen atoms in total. The Labute approximate surface area is 167 Å². The lowest BCUT2D eigenvalue weighted by molar-refractivity contribution is 0.0410. The van der Waals surface area contributed by atoms with Gasteiger partial charge in [-0.25, -0.2) is 4.39 Å². The third-order valence-electron chi connectivity index (χ3n) is 6.00. The summed E-state index contributed by atoms with van der Waals surface area (Å²) >= 11 is 1.29. The molecule has 1 N–H and O–H groups in total. The number of hydrogen-bond acceptors (Lipinski definition) is 4. The molecule has 3 aromatic rings. The first-order valence-corrected chi connectivity index (χ1v) is 10.7. The first-order chi connectivity index (χ1) is 13.7. The van der Waals surface area contributed by atoms with Gasteiger partial charge >= 0.3 is 0 Å². The number of carbonyl (C=O) groups is 1. The maximum atomic E-state index is 14.1. The second-order valence-electron chi connectivity index (χ2n) is 7.71. The minimum absolute atomic E-state index is 0.0983. The number of aromatic nitrogens is 1. The molecule has 2 saturated heterocycles. The predicted molar refractivity (Wildman–Crippen MR) is 110 cm³/mol. The molecule has 0 saturated carbocycles. The van der Waals surface area contributed by atoms with E-state index in [4.69, 9.17) is 0 Å². The Hall–Kier alpha value is -2.31. The molecule has 2 fully saturated rings.